The van der Waals surface area contributed by atoms with Crippen molar-refractivity contribution in [1.29, 1.82) is 0 Å². The van der Waals surface area contributed by atoms with Crippen molar-refractivity contribution in [3.8, 4) is 11.1 Å². The fourth-order valence-electron chi connectivity index (χ4n) is 2.97. The number of benzene rings is 3. The summed E-state index contributed by atoms with van der Waals surface area (Å²) in [4.78, 5) is 0. The quantitative estimate of drug-likeness (QED) is 0.350. The molecular weight excluding hydrogens is 308 g/mol. The van der Waals surface area contributed by atoms with Gasteiger partial charge in [0.25, 0.3) is 0 Å². The second-order valence-electron chi connectivity index (χ2n) is 6.09. The molecule has 0 aliphatic heterocycles. The number of rotatable bonds is 2. The molecule has 0 aliphatic carbocycles. The summed E-state index contributed by atoms with van der Waals surface area (Å²) in [6, 6.07) is 24.5. The van der Waals surface area contributed by atoms with Crippen molar-refractivity contribution in [2.75, 3.05) is 0 Å². The van der Waals surface area contributed by atoms with Gasteiger partial charge in [-0.3, -0.25) is 0 Å². The minimum absolute atomic E-state index is 0.583. The Hall–Kier alpha value is -2.12. The van der Waals surface area contributed by atoms with Crippen LogP contribution in [0.1, 0.15) is 39.2 Å². The molecule has 0 bridgehead atoms. The first-order valence-corrected chi connectivity index (χ1v) is 9.55. The van der Waals surface area contributed by atoms with Crippen LogP contribution in [0.2, 0.25) is 0 Å². The summed E-state index contributed by atoms with van der Waals surface area (Å²) in [5, 5.41) is 2.73. The first-order chi connectivity index (χ1) is 11.7. The van der Waals surface area contributed by atoms with Crippen LogP contribution in [0, 0.1) is 0 Å². The van der Waals surface area contributed by atoms with Gasteiger partial charge in [-0.1, -0.05) is 82.3 Å². The molecule has 1 heterocycles. The van der Waals surface area contributed by atoms with E-state index in [1.807, 2.05) is 25.2 Å². The van der Waals surface area contributed by atoms with Crippen LogP contribution in [0.3, 0.4) is 0 Å². The van der Waals surface area contributed by atoms with Gasteiger partial charge in [0.1, 0.15) is 0 Å². The van der Waals surface area contributed by atoms with Gasteiger partial charge in [-0.05, 0) is 34.7 Å². The lowest BCUT2D eigenvalue weighted by molar-refractivity contribution is 0.867. The van der Waals surface area contributed by atoms with Crippen LogP contribution in [0.25, 0.3) is 31.3 Å². The zero-order valence-electron chi connectivity index (χ0n) is 14.8. The van der Waals surface area contributed by atoms with Crippen molar-refractivity contribution in [2.45, 2.75) is 33.6 Å². The Kier molecular flexibility index (Phi) is 5.01. The Morgan fingerprint density at radius 2 is 1.29 bits per heavy atom. The molecule has 0 aliphatic rings. The largest absolute Gasteiger partial charge is 0.135 e. The maximum absolute atomic E-state index is 2.32. The van der Waals surface area contributed by atoms with E-state index in [0.29, 0.717) is 5.92 Å². The third kappa shape index (κ3) is 3.09. The van der Waals surface area contributed by atoms with Gasteiger partial charge in [-0.25, -0.2) is 0 Å². The number of hydrogen-bond donors (Lipinski definition) is 0. The highest BCUT2D eigenvalue weighted by molar-refractivity contribution is 7.25. The molecule has 4 rings (SSSR count). The molecule has 0 atom stereocenters. The minimum Gasteiger partial charge on any atom is -0.135 e. The Balaban J connectivity index is 0.000000815. The fraction of sp³-hybridized carbons (Fsp3) is 0.217. The van der Waals surface area contributed by atoms with Crippen LogP contribution in [-0.2, 0) is 0 Å². The minimum atomic E-state index is 0.583. The molecule has 0 fully saturated rings. The van der Waals surface area contributed by atoms with Crippen LogP contribution in [0.4, 0.5) is 0 Å². The molecular formula is C23H24S. The Bertz CT molecular complexity index is 943. The third-order valence-electron chi connectivity index (χ3n) is 4.29. The lowest BCUT2D eigenvalue weighted by atomic mass is 9.98. The molecule has 0 N–H and O–H groups in total. The number of fused-ring (bicyclic) bond motifs is 3. The molecule has 3 aromatic carbocycles. The molecule has 0 radical (unpaired) electrons. The van der Waals surface area contributed by atoms with E-state index in [2.05, 4.69) is 80.6 Å². The lowest BCUT2D eigenvalue weighted by Gasteiger charge is -2.07. The maximum atomic E-state index is 2.32. The third-order valence-corrected chi connectivity index (χ3v) is 5.42. The van der Waals surface area contributed by atoms with Gasteiger partial charge >= 0.3 is 0 Å². The van der Waals surface area contributed by atoms with Gasteiger partial charge < -0.3 is 0 Å². The monoisotopic (exact) mass is 332 g/mol. The van der Waals surface area contributed by atoms with Gasteiger partial charge in [0.2, 0.25) is 0 Å². The molecule has 0 saturated heterocycles. The highest BCUT2D eigenvalue weighted by Gasteiger charge is 2.06. The van der Waals surface area contributed by atoms with Crippen molar-refractivity contribution in [3.05, 3.63) is 72.3 Å². The summed E-state index contributed by atoms with van der Waals surface area (Å²) in [5.74, 6) is 0.583. The standard InChI is InChI=1S/C21H18S.C2H6/c1-14(2)15-7-9-16(10-8-15)17-11-12-19-18-5-3-4-6-20(18)22-21(19)13-17;1-2/h3-14H,1-2H3;1-2H3. The average Bonchev–Trinajstić information content (AvgIpc) is 3.01. The molecule has 122 valence electrons. The normalized spacial score (nSPS) is 10.9. The topological polar surface area (TPSA) is 0 Å². The summed E-state index contributed by atoms with van der Waals surface area (Å²) < 4.78 is 2.73. The van der Waals surface area contributed by atoms with Crippen LogP contribution >= 0.6 is 11.3 Å². The summed E-state index contributed by atoms with van der Waals surface area (Å²) >= 11 is 1.88. The van der Waals surface area contributed by atoms with Gasteiger partial charge in [-0.15, -0.1) is 11.3 Å². The second-order valence-corrected chi connectivity index (χ2v) is 7.17. The molecule has 1 aromatic heterocycles. The van der Waals surface area contributed by atoms with Crippen LogP contribution in [0.5, 0.6) is 0 Å². The van der Waals surface area contributed by atoms with Crippen molar-refractivity contribution in [2.24, 2.45) is 0 Å². The predicted octanol–water partition coefficient (Wildman–Crippen LogP) is 7.87. The SMILES string of the molecule is CC.CC(C)c1ccc(-c2ccc3c(c2)sc2ccccc23)cc1. The van der Waals surface area contributed by atoms with Crippen molar-refractivity contribution >= 4 is 31.5 Å². The molecule has 4 aromatic rings. The summed E-state index contributed by atoms with van der Waals surface area (Å²) in [5.41, 5.74) is 3.99. The maximum Gasteiger partial charge on any atom is 0.0361 e. The number of thiophene rings is 1. The molecule has 1 heteroatoms. The molecule has 0 saturated carbocycles. The smallest absolute Gasteiger partial charge is 0.0361 e. The number of hydrogen-bond acceptors (Lipinski definition) is 1. The van der Waals surface area contributed by atoms with E-state index in [4.69, 9.17) is 0 Å². The zero-order chi connectivity index (χ0) is 17.1. The zero-order valence-corrected chi connectivity index (χ0v) is 15.7. The van der Waals surface area contributed by atoms with Crippen LogP contribution in [0.15, 0.2) is 66.7 Å². The Labute approximate surface area is 148 Å². The second kappa shape index (κ2) is 7.19. The summed E-state index contributed by atoms with van der Waals surface area (Å²) in [6.07, 6.45) is 0. The molecule has 0 spiro atoms. The van der Waals surface area contributed by atoms with Crippen molar-refractivity contribution in [1.82, 2.24) is 0 Å². The Morgan fingerprint density at radius 1 is 0.667 bits per heavy atom. The van der Waals surface area contributed by atoms with E-state index < -0.39 is 0 Å². The van der Waals surface area contributed by atoms with Gasteiger partial charge in [0.05, 0.1) is 0 Å². The van der Waals surface area contributed by atoms with Gasteiger partial charge in [-0.2, -0.15) is 0 Å². The van der Waals surface area contributed by atoms with E-state index >= 15 is 0 Å². The highest BCUT2D eigenvalue weighted by atomic mass is 32.1. The van der Waals surface area contributed by atoms with Gasteiger partial charge in [0.15, 0.2) is 0 Å². The summed E-state index contributed by atoms with van der Waals surface area (Å²) in [7, 11) is 0. The lowest BCUT2D eigenvalue weighted by Crippen LogP contribution is -1.86. The van der Waals surface area contributed by atoms with E-state index in [1.54, 1.807) is 0 Å². The molecule has 0 unspecified atom stereocenters. The van der Waals surface area contributed by atoms with Gasteiger partial charge in [0, 0.05) is 20.2 Å². The van der Waals surface area contributed by atoms with E-state index in [-0.39, 0.29) is 0 Å². The highest BCUT2D eigenvalue weighted by Crippen LogP contribution is 2.36. The molecule has 0 nitrogen and oxygen atoms in total. The average molecular weight is 333 g/mol. The van der Waals surface area contributed by atoms with Crippen molar-refractivity contribution in [3.63, 3.8) is 0 Å². The van der Waals surface area contributed by atoms with E-state index in [1.165, 1.54) is 36.9 Å². The van der Waals surface area contributed by atoms with Crippen LogP contribution in [-0.4, -0.2) is 0 Å². The molecule has 24 heavy (non-hydrogen) atoms. The van der Waals surface area contributed by atoms with E-state index in [0.717, 1.165) is 0 Å². The van der Waals surface area contributed by atoms with Crippen molar-refractivity contribution < 1.29 is 0 Å². The fourth-order valence-corrected chi connectivity index (χ4v) is 4.11. The first kappa shape index (κ1) is 16.7. The van der Waals surface area contributed by atoms with E-state index in [9.17, 15) is 0 Å². The predicted molar refractivity (Wildman–Crippen MR) is 110 cm³/mol. The summed E-state index contributed by atoms with van der Waals surface area (Å²) in [6.45, 7) is 8.47. The van der Waals surface area contributed by atoms with Crippen LogP contribution < -0.4 is 0 Å². The molecule has 0 amide bonds. The Morgan fingerprint density at radius 3 is 2.00 bits per heavy atom. The first-order valence-electron chi connectivity index (χ1n) is 8.74.